The van der Waals surface area contributed by atoms with E-state index in [-0.39, 0.29) is 61.2 Å². The second-order valence-corrected chi connectivity index (χ2v) is 14.9. The van der Waals surface area contributed by atoms with Gasteiger partial charge in [0, 0.05) is 47.5 Å². The number of ether oxygens (including phenoxy) is 4. The van der Waals surface area contributed by atoms with Gasteiger partial charge in [-0.2, -0.15) is 4.98 Å². The summed E-state index contributed by atoms with van der Waals surface area (Å²) in [6.45, 7) is 5.33. The van der Waals surface area contributed by atoms with Gasteiger partial charge >= 0.3 is 12.2 Å². The molecule has 3 amide bonds. The number of pyridine rings is 2. The molecule has 4 heterocycles. The van der Waals surface area contributed by atoms with Gasteiger partial charge in [0.15, 0.2) is 6.29 Å². The molecule has 302 valence electrons. The Morgan fingerprint density at radius 3 is 2.31 bits per heavy atom. The van der Waals surface area contributed by atoms with Crippen molar-refractivity contribution >= 4 is 53.2 Å². The highest BCUT2D eigenvalue weighted by Crippen LogP contribution is 2.42. The topological polar surface area (TPSA) is 189 Å². The van der Waals surface area contributed by atoms with Gasteiger partial charge in [-0.3, -0.25) is 18.8 Å². The molecule has 17 heteroatoms. The van der Waals surface area contributed by atoms with Gasteiger partial charge in [0.05, 0.1) is 35.0 Å². The molecule has 1 fully saturated rings. The molecule has 1 aliphatic heterocycles. The Kier molecular flexibility index (Phi) is 12.8. The van der Waals surface area contributed by atoms with E-state index in [1.807, 2.05) is 36.4 Å². The minimum absolute atomic E-state index is 0.0369. The van der Waals surface area contributed by atoms with Crippen LogP contribution in [0.2, 0.25) is 10.0 Å². The van der Waals surface area contributed by atoms with E-state index < -0.39 is 23.3 Å². The van der Waals surface area contributed by atoms with Crippen LogP contribution in [0.15, 0.2) is 71.7 Å². The molecule has 5 aromatic rings. The Hall–Kier alpha value is -6.19. The van der Waals surface area contributed by atoms with Crippen LogP contribution in [0.1, 0.15) is 49.5 Å². The van der Waals surface area contributed by atoms with Crippen LogP contribution in [-0.2, 0) is 20.9 Å². The first-order chi connectivity index (χ1) is 27.8. The maximum atomic E-state index is 13.2. The average molecular weight is 832 g/mol. The maximum absolute atomic E-state index is 13.2. The zero-order chi connectivity index (χ0) is 41.6. The summed E-state index contributed by atoms with van der Waals surface area (Å²) in [5.41, 5.74) is 2.70. The van der Waals surface area contributed by atoms with Crippen LogP contribution < -0.4 is 31.0 Å². The third-order valence-corrected chi connectivity index (χ3v) is 9.72. The van der Waals surface area contributed by atoms with Gasteiger partial charge in [-0.05, 0) is 57.0 Å². The van der Waals surface area contributed by atoms with E-state index in [9.17, 15) is 24.0 Å². The molecule has 6 rings (SSSR count). The van der Waals surface area contributed by atoms with Crippen molar-refractivity contribution in [1.29, 1.82) is 0 Å². The molecule has 1 atom stereocenters. The molecule has 1 saturated heterocycles. The number of aldehydes is 1. The number of rotatable bonds is 13. The van der Waals surface area contributed by atoms with Crippen molar-refractivity contribution in [3.05, 3.63) is 98.4 Å². The lowest BCUT2D eigenvalue weighted by atomic mass is 9.97. The predicted molar refractivity (Wildman–Crippen MR) is 217 cm³/mol. The molecule has 3 aromatic heterocycles. The van der Waals surface area contributed by atoms with Crippen molar-refractivity contribution in [2.75, 3.05) is 26.8 Å². The van der Waals surface area contributed by atoms with Gasteiger partial charge in [0.1, 0.15) is 30.0 Å². The summed E-state index contributed by atoms with van der Waals surface area (Å²) in [7, 11) is 1.46. The lowest BCUT2D eigenvalue weighted by molar-refractivity contribution is -0.119. The Bertz CT molecular complexity index is 2450. The van der Waals surface area contributed by atoms with Crippen molar-refractivity contribution in [3.63, 3.8) is 0 Å². The molecule has 58 heavy (non-hydrogen) atoms. The highest BCUT2D eigenvalue weighted by molar-refractivity contribution is 6.39. The van der Waals surface area contributed by atoms with Crippen LogP contribution in [0, 0.1) is 0 Å². The molecule has 0 radical (unpaired) electrons. The first kappa shape index (κ1) is 41.4. The highest BCUT2D eigenvalue weighted by Gasteiger charge is 2.23. The van der Waals surface area contributed by atoms with Gasteiger partial charge in [0.2, 0.25) is 17.7 Å². The third-order valence-electron chi connectivity index (χ3n) is 8.90. The van der Waals surface area contributed by atoms with Crippen LogP contribution in [0.5, 0.6) is 11.8 Å². The molecule has 1 unspecified atom stereocenters. The van der Waals surface area contributed by atoms with Gasteiger partial charge in [-0.25, -0.2) is 14.6 Å². The lowest BCUT2D eigenvalue weighted by Crippen LogP contribution is -2.38. The van der Waals surface area contributed by atoms with Crippen molar-refractivity contribution in [2.45, 2.75) is 51.9 Å². The number of aromatic nitrogens is 3. The van der Waals surface area contributed by atoms with Crippen molar-refractivity contribution in [2.24, 2.45) is 0 Å². The normalized spacial score (nSPS) is 13.8. The number of carbonyl (C=O) groups is 4. The predicted octanol–water partition coefficient (Wildman–Crippen LogP) is 6.63. The number of hydrogen-bond acceptors (Lipinski definition) is 11. The lowest BCUT2D eigenvalue weighted by Gasteiger charge is -2.19. The molecular formula is C41H40Cl2N6O9. The molecule has 3 N–H and O–H groups in total. The van der Waals surface area contributed by atoms with Gasteiger partial charge in [-0.15, -0.1) is 0 Å². The number of alkyl carbamates (subject to hydrolysis) is 2. The van der Waals surface area contributed by atoms with E-state index >= 15 is 0 Å². The van der Waals surface area contributed by atoms with Gasteiger partial charge in [0.25, 0.3) is 5.56 Å². The highest BCUT2D eigenvalue weighted by atomic mass is 35.5. The largest absolute Gasteiger partial charge is 0.481 e. The summed E-state index contributed by atoms with van der Waals surface area (Å²) in [6, 6.07) is 17.6. The van der Waals surface area contributed by atoms with E-state index in [1.54, 1.807) is 45.0 Å². The second-order valence-electron chi connectivity index (χ2n) is 14.1. The van der Waals surface area contributed by atoms with E-state index in [2.05, 4.69) is 25.9 Å². The first-order valence-electron chi connectivity index (χ1n) is 18.2. The molecule has 0 bridgehead atoms. The van der Waals surface area contributed by atoms with Crippen LogP contribution in [-0.4, -0.2) is 77.2 Å². The van der Waals surface area contributed by atoms with E-state index in [4.69, 9.17) is 42.1 Å². The number of benzene rings is 2. The van der Waals surface area contributed by atoms with Crippen molar-refractivity contribution in [1.82, 2.24) is 30.3 Å². The molecule has 0 spiro atoms. The molecule has 0 saturated carbocycles. The third kappa shape index (κ3) is 9.66. The fraction of sp³-hybridized carbons (Fsp3) is 0.293. The standard InChI is InChI=1S/C41H40Cl2N6O9/c1-41(2,3)58-40(54)44-16-18-56-37-30(21-50)38(52)49-17-15-23(19-32(49)48-37)26-7-5-8-27(34(26)42)28-9-6-10-29(35(28)43)31-13-11-24(36(47-31)55-4)22-57-39(53)45-20-25-12-14-33(51)46-25/h5-11,13,15,17,19,21,25H,12,14,16,18,20,22H2,1-4H3,(H,44,54)(H,45,53)(H,46,51). The van der Waals surface area contributed by atoms with Gasteiger partial charge in [-0.1, -0.05) is 59.6 Å². The maximum Gasteiger partial charge on any atom is 0.407 e. The van der Waals surface area contributed by atoms with Crippen LogP contribution in [0.4, 0.5) is 9.59 Å². The minimum atomic E-state index is -0.681. The molecule has 15 nitrogen and oxygen atoms in total. The number of amides is 3. The fourth-order valence-electron chi connectivity index (χ4n) is 6.16. The van der Waals surface area contributed by atoms with Crippen LogP contribution in [0.3, 0.4) is 0 Å². The summed E-state index contributed by atoms with van der Waals surface area (Å²) >= 11 is 14.1. The number of hydrogen-bond donors (Lipinski definition) is 3. The zero-order valence-electron chi connectivity index (χ0n) is 32.0. The monoisotopic (exact) mass is 830 g/mol. The second kappa shape index (κ2) is 17.9. The quantitative estimate of drug-likeness (QED) is 0.0854. The summed E-state index contributed by atoms with van der Waals surface area (Å²) in [5, 5.41) is 8.74. The minimum Gasteiger partial charge on any atom is -0.481 e. The summed E-state index contributed by atoms with van der Waals surface area (Å²) in [6.07, 6.45) is 1.68. The molecule has 1 aliphatic rings. The van der Waals surface area contributed by atoms with E-state index in [0.717, 1.165) is 0 Å². The van der Waals surface area contributed by atoms with Gasteiger partial charge < -0.3 is 34.9 Å². The summed E-state index contributed by atoms with van der Waals surface area (Å²) in [4.78, 5) is 70.0. The first-order valence-corrected chi connectivity index (χ1v) is 18.9. The number of halogens is 2. The van der Waals surface area contributed by atoms with Crippen molar-refractivity contribution in [3.8, 4) is 45.3 Å². The number of methoxy groups -OCH3 is 1. The average Bonchev–Trinajstić information content (AvgIpc) is 3.62. The van der Waals surface area contributed by atoms with E-state index in [1.165, 1.54) is 17.7 Å². The fourth-order valence-corrected chi connectivity index (χ4v) is 6.82. The van der Waals surface area contributed by atoms with Crippen LogP contribution >= 0.6 is 23.2 Å². The van der Waals surface area contributed by atoms with E-state index in [0.29, 0.717) is 68.2 Å². The molecular weight excluding hydrogens is 791 g/mol. The zero-order valence-corrected chi connectivity index (χ0v) is 33.5. The Morgan fingerprint density at radius 2 is 1.64 bits per heavy atom. The smallest absolute Gasteiger partial charge is 0.407 e. The SMILES string of the molecule is COc1nc(-c2cccc(-c3cccc(-c4ccn5c(=O)c(C=O)c(OCCNC(=O)OC(C)(C)C)nc5c4)c3Cl)c2Cl)ccc1COC(=O)NCC1CCC(=O)N1. The number of nitrogens with zero attached hydrogens (tertiary/aromatic N) is 3. The molecule has 2 aromatic carbocycles. The summed E-state index contributed by atoms with van der Waals surface area (Å²) < 4.78 is 23.0. The van der Waals surface area contributed by atoms with Crippen molar-refractivity contribution < 1.29 is 38.1 Å². The Morgan fingerprint density at radius 1 is 0.931 bits per heavy atom. The summed E-state index contributed by atoms with van der Waals surface area (Å²) in [5.74, 6) is 0.0142. The Balaban J connectivity index is 1.21. The van der Waals surface area contributed by atoms with Crippen LogP contribution in [0.25, 0.3) is 39.2 Å². The molecule has 0 aliphatic carbocycles. The number of fused-ring (bicyclic) bond motifs is 1. The Labute approximate surface area is 343 Å². The number of carbonyl (C=O) groups excluding carboxylic acids is 4. The number of nitrogens with one attached hydrogen (secondary N) is 3.